The number of carbonyl (C=O) groups is 1. The minimum atomic E-state index is -0.119. The number of aryl methyl sites for hydroxylation is 1. The third-order valence-corrected chi connectivity index (χ3v) is 2.28. The van der Waals surface area contributed by atoms with Crippen LogP contribution >= 0.6 is 12.2 Å². The lowest BCUT2D eigenvalue weighted by atomic mass is 10.2. The fraction of sp³-hybridized carbons (Fsp3) is 0.333. The van der Waals surface area contributed by atoms with Crippen LogP contribution in [-0.4, -0.2) is 24.0 Å². The van der Waals surface area contributed by atoms with E-state index in [1.165, 1.54) is 0 Å². The van der Waals surface area contributed by atoms with Gasteiger partial charge in [-0.05, 0) is 18.6 Å². The summed E-state index contributed by atoms with van der Waals surface area (Å²) in [5.74, 6) is 0.682. The summed E-state index contributed by atoms with van der Waals surface area (Å²) >= 11 is 4.65. The number of nitrogens with one attached hydrogen (secondary N) is 1. The Morgan fingerprint density at radius 1 is 1.47 bits per heavy atom. The van der Waals surface area contributed by atoms with E-state index in [1.807, 2.05) is 31.2 Å². The van der Waals surface area contributed by atoms with E-state index in [1.54, 1.807) is 0 Å². The number of hydrogen-bond donors (Lipinski definition) is 2. The molecule has 0 saturated heterocycles. The minimum absolute atomic E-state index is 0.119. The molecule has 0 aliphatic rings. The second-order valence-electron chi connectivity index (χ2n) is 3.61. The van der Waals surface area contributed by atoms with Crippen molar-refractivity contribution in [3.05, 3.63) is 29.8 Å². The van der Waals surface area contributed by atoms with Crippen LogP contribution in [0.25, 0.3) is 0 Å². The van der Waals surface area contributed by atoms with Gasteiger partial charge in [0.1, 0.15) is 5.75 Å². The van der Waals surface area contributed by atoms with Crippen LogP contribution in [0, 0.1) is 6.92 Å². The molecule has 0 bridgehead atoms. The van der Waals surface area contributed by atoms with E-state index in [0.29, 0.717) is 6.61 Å². The molecule has 0 fully saturated rings. The molecule has 1 amide bonds. The van der Waals surface area contributed by atoms with Crippen LogP contribution in [0.15, 0.2) is 24.3 Å². The van der Waals surface area contributed by atoms with Gasteiger partial charge in [0.15, 0.2) is 0 Å². The first-order valence-electron chi connectivity index (χ1n) is 5.33. The van der Waals surface area contributed by atoms with Crippen LogP contribution in [-0.2, 0) is 4.79 Å². The number of hydrogen-bond acceptors (Lipinski definition) is 3. The van der Waals surface area contributed by atoms with Crippen LogP contribution in [0.1, 0.15) is 12.0 Å². The van der Waals surface area contributed by atoms with E-state index < -0.39 is 0 Å². The Labute approximate surface area is 106 Å². The van der Waals surface area contributed by atoms with E-state index in [0.717, 1.165) is 11.3 Å². The summed E-state index contributed by atoms with van der Waals surface area (Å²) in [7, 11) is 0. The molecule has 0 atom stereocenters. The zero-order valence-corrected chi connectivity index (χ0v) is 10.5. The molecule has 92 valence electrons. The molecule has 0 saturated carbocycles. The fourth-order valence-electron chi connectivity index (χ4n) is 1.25. The van der Waals surface area contributed by atoms with Crippen molar-refractivity contribution in [2.45, 2.75) is 13.3 Å². The number of ether oxygens (including phenoxy) is 1. The number of nitrogens with two attached hydrogens (primary N) is 1. The van der Waals surface area contributed by atoms with Crippen molar-refractivity contribution in [2.75, 3.05) is 13.2 Å². The molecule has 1 aromatic carbocycles. The first-order chi connectivity index (χ1) is 8.09. The molecule has 0 unspecified atom stereocenters. The molecule has 1 rings (SSSR count). The maximum Gasteiger partial charge on any atom is 0.223 e. The van der Waals surface area contributed by atoms with E-state index in [2.05, 4.69) is 17.5 Å². The molecule has 4 nitrogen and oxygen atoms in total. The topological polar surface area (TPSA) is 64.3 Å². The van der Waals surface area contributed by atoms with Gasteiger partial charge in [-0.2, -0.15) is 0 Å². The third kappa shape index (κ3) is 5.31. The lowest BCUT2D eigenvalue weighted by Gasteiger charge is -2.08. The second kappa shape index (κ2) is 6.85. The number of rotatable bonds is 6. The average molecular weight is 252 g/mol. The standard InChI is InChI=1S/C12H16N2O2S/c1-9-4-2-3-5-10(9)16-7-6-12(15)14-8-11(13)17/h2-5H,6-8H2,1H3,(H2,13,17)(H,14,15). The van der Waals surface area contributed by atoms with Crippen molar-refractivity contribution in [2.24, 2.45) is 5.73 Å². The zero-order valence-electron chi connectivity index (χ0n) is 9.73. The lowest BCUT2D eigenvalue weighted by molar-refractivity contribution is -0.121. The monoisotopic (exact) mass is 252 g/mol. The van der Waals surface area contributed by atoms with Gasteiger partial charge in [0, 0.05) is 0 Å². The van der Waals surface area contributed by atoms with Gasteiger partial charge in [-0.3, -0.25) is 4.79 Å². The fourth-order valence-corrected chi connectivity index (χ4v) is 1.32. The molecule has 5 heteroatoms. The molecule has 0 heterocycles. The summed E-state index contributed by atoms with van der Waals surface area (Å²) in [5.41, 5.74) is 6.32. The van der Waals surface area contributed by atoms with Gasteiger partial charge in [0.2, 0.25) is 5.91 Å². The summed E-state index contributed by atoms with van der Waals surface area (Å²) in [6.45, 7) is 2.54. The van der Waals surface area contributed by atoms with Crippen LogP contribution in [0.5, 0.6) is 5.75 Å². The highest BCUT2D eigenvalue weighted by Gasteiger charge is 2.03. The SMILES string of the molecule is Cc1ccccc1OCCC(=O)NCC(N)=S. The smallest absolute Gasteiger partial charge is 0.223 e. The summed E-state index contributed by atoms with van der Waals surface area (Å²) in [6, 6.07) is 7.68. The molecule has 0 aromatic heterocycles. The Kier molecular flexibility index (Phi) is 5.42. The maximum absolute atomic E-state index is 11.3. The summed E-state index contributed by atoms with van der Waals surface area (Å²) in [4.78, 5) is 11.6. The average Bonchev–Trinajstić information content (AvgIpc) is 2.29. The van der Waals surface area contributed by atoms with Crippen molar-refractivity contribution in [3.8, 4) is 5.75 Å². The first-order valence-corrected chi connectivity index (χ1v) is 5.74. The van der Waals surface area contributed by atoms with Gasteiger partial charge < -0.3 is 15.8 Å². The first kappa shape index (κ1) is 13.4. The Bertz CT molecular complexity index is 407. The van der Waals surface area contributed by atoms with Crippen LogP contribution in [0.3, 0.4) is 0 Å². The maximum atomic E-state index is 11.3. The van der Waals surface area contributed by atoms with E-state index in [9.17, 15) is 4.79 Å². The zero-order chi connectivity index (χ0) is 12.7. The minimum Gasteiger partial charge on any atom is -0.493 e. The molecule has 1 aromatic rings. The van der Waals surface area contributed by atoms with Crippen LogP contribution in [0.2, 0.25) is 0 Å². The Hall–Kier alpha value is -1.62. The van der Waals surface area contributed by atoms with E-state index >= 15 is 0 Å². The predicted molar refractivity (Wildman–Crippen MR) is 71.1 cm³/mol. The van der Waals surface area contributed by atoms with Crippen molar-refractivity contribution >= 4 is 23.1 Å². The molecule has 17 heavy (non-hydrogen) atoms. The summed E-state index contributed by atoms with van der Waals surface area (Å²) < 4.78 is 5.49. The Balaban J connectivity index is 2.26. The van der Waals surface area contributed by atoms with Gasteiger partial charge in [-0.25, -0.2) is 0 Å². The number of para-hydroxylation sites is 1. The lowest BCUT2D eigenvalue weighted by Crippen LogP contribution is -2.32. The van der Waals surface area contributed by atoms with E-state index in [4.69, 9.17) is 10.5 Å². The normalized spacial score (nSPS) is 9.71. The van der Waals surface area contributed by atoms with Gasteiger partial charge in [-0.15, -0.1) is 0 Å². The summed E-state index contributed by atoms with van der Waals surface area (Å²) in [6.07, 6.45) is 0.289. The number of carbonyl (C=O) groups excluding carboxylic acids is 1. The molecule has 0 aliphatic heterocycles. The van der Waals surface area contributed by atoms with Gasteiger partial charge in [0.05, 0.1) is 24.6 Å². The van der Waals surface area contributed by atoms with Crippen LogP contribution < -0.4 is 15.8 Å². The molecule has 0 spiro atoms. The number of benzene rings is 1. The van der Waals surface area contributed by atoms with Crippen molar-refractivity contribution in [1.29, 1.82) is 0 Å². The highest BCUT2D eigenvalue weighted by molar-refractivity contribution is 7.80. The van der Waals surface area contributed by atoms with Crippen LogP contribution in [0.4, 0.5) is 0 Å². The van der Waals surface area contributed by atoms with Crippen molar-refractivity contribution < 1.29 is 9.53 Å². The highest BCUT2D eigenvalue weighted by Crippen LogP contribution is 2.15. The van der Waals surface area contributed by atoms with Crippen molar-refractivity contribution in [1.82, 2.24) is 5.32 Å². The molecule has 0 radical (unpaired) electrons. The number of amides is 1. The molecular weight excluding hydrogens is 236 g/mol. The van der Waals surface area contributed by atoms with Gasteiger partial charge in [-0.1, -0.05) is 30.4 Å². The Morgan fingerprint density at radius 2 is 2.18 bits per heavy atom. The summed E-state index contributed by atoms with van der Waals surface area (Å²) in [5, 5.41) is 2.60. The molecule has 3 N–H and O–H groups in total. The largest absolute Gasteiger partial charge is 0.493 e. The number of thiocarbonyl (C=S) groups is 1. The molecular formula is C12H16N2O2S. The third-order valence-electron chi connectivity index (χ3n) is 2.14. The molecule has 0 aliphatic carbocycles. The quantitative estimate of drug-likeness (QED) is 0.746. The second-order valence-corrected chi connectivity index (χ2v) is 4.13. The highest BCUT2D eigenvalue weighted by atomic mass is 32.1. The predicted octanol–water partition coefficient (Wildman–Crippen LogP) is 1.17. The van der Waals surface area contributed by atoms with Gasteiger partial charge in [0.25, 0.3) is 0 Å². The Morgan fingerprint density at radius 3 is 2.82 bits per heavy atom. The van der Waals surface area contributed by atoms with E-state index in [-0.39, 0.29) is 23.9 Å². The van der Waals surface area contributed by atoms with Gasteiger partial charge >= 0.3 is 0 Å². The van der Waals surface area contributed by atoms with Crippen molar-refractivity contribution in [3.63, 3.8) is 0 Å².